The minimum atomic E-state index is -0.863. The molecule has 0 aliphatic heterocycles. The van der Waals surface area contributed by atoms with Crippen molar-refractivity contribution in [1.29, 1.82) is 0 Å². The Bertz CT molecular complexity index is 1060. The van der Waals surface area contributed by atoms with Gasteiger partial charge in [0.2, 0.25) is 10.1 Å². The molecular formula is C18H15ClN4OS2. The average molecular weight is 403 g/mol. The highest BCUT2D eigenvalue weighted by Crippen LogP contribution is 2.27. The Balaban J connectivity index is 1.56. The lowest BCUT2D eigenvalue weighted by molar-refractivity contribution is 0.686. The van der Waals surface area contributed by atoms with E-state index >= 15 is 0 Å². The van der Waals surface area contributed by atoms with E-state index in [1.54, 1.807) is 10.8 Å². The van der Waals surface area contributed by atoms with E-state index in [1.165, 1.54) is 11.3 Å². The first-order valence-corrected chi connectivity index (χ1v) is 10.8. The van der Waals surface area contributed by atoms with Crippen LogP contribution in [0.2, 0.25) is 5.02 Å². The number of nitrogens with zero attached hydrogens (tertiary/aromatic N) is 3. The number of imidazole rings is 1. The molecule has 8 heteroatoms. The summed E-state index contributed by atoms with van der Waals surface area (Å²) < 4.78 is 13.2. The van der Waals surface area contributed by atoms with Gasteiger partial charge in [-0.15, -0.1) is 5.10 Å². The van der Waals surface area contributed by atoms with Gasteiger partial charge in [-0.2, -0.15) is 0 Å². The minimum absolute atomic E-state index is 0.543. The molecule has 5 nitrogen and oxygen atoms in total. The highest BCUT2D eigenvalue weighted by atomic mass is 35.5. The monoisotopic (exact) mass is 402 g/mol. The van der Waals surface area contributed by atoms with E-state index in [0.717, 1.165) is 32.6 Å². The fraction of sp³-hybridized carbons (Fsp3) is 0.111. The Morgan fingerprint density at radius 1 is 1.23 bits per heavy atom. The number of nitrogens with one attached hydrogen (secondary N) is 1. The number of aromatic nitrogens is 3. The van der Waals surface area contributed by atoms with E-state index in [9.17, 15) is 4.21 Å². The van der Waals surface area contributed by atoms with E-state index in [-0.39, 0.29) is 0 Å². The molecular weight excluding hydrogens is 388 g/mol. The molecule has 0 saturated carbocycles. The van der Waals surface area contributed by atoms with Gasteiger partial charge in [0.1, 0.15) is 0 Å². The summed E-state index contributed by atoms with van der Waals surface area (Å²) in [4.78, 5) is 5.44. The van der Waals surface area contributed by atoms with Crippen LogP contribution in [0, 0.1) is 0 Å². The predicted octanol–water partition coefficient (Wildman–Crippen LogP) is 4.73. The van der Waals surface area contributed by atoms with Crippen molar-refractivity contribution in [2.45, 2.75) is 5.75 Å². The van der Waals surface area contributed by atoms with Crippen molar-refractivity contribution in [3.05, 3.63) is 65.3 Å². The lowest BCUT2D eigenvalue weighted by Crippen LogP contribution is -1.95. The molecule has 1 unspecified atom stereocenters. The van der Waals surface area contributed by atoms with Crippen LogP contribution in [-0.4, -0.2) is 25.1 Å². The molecule has 2 aromatic carbocycles. The summed E-state index contributed by atoms with van der Waals surface area (Å²) in [6.45, 7) is 0. The number of anilines is 2. The molecule has 1 N–H and O–H groups in total. The Hall–Kier alpha value is -2.22. The van der Waals surface area contributed by atoms with Gasteiger partial charge in [0, 0.05) is 39.1 Å². The van der Waals surface area contributed by atoms with Crippen LogP contribution < -0.4 is 5.32 Å². The Morgan fingerprint density at radius 3 is 2.77 bits per heavy atom. The maximum atomic E-state index is 11.4. The van der Waals surface area contributed by atoms with Crippen molar-refractivity contribution in [1.82, 2.24) is 14.6 Å². The molecule has 4 aromatic rings. The van der Waals surface area contributed by atoms with Gasteiger partial charge in [-0.3, -0.25) is 4.21 Å². The fourth-order valence-electron chi connectivity index (χ4n) is 2.61. The number of rotatable bonds is 5. The van der Waals surface area contributed by atoms with E-state index in [2.05, 4.69) is 15.4 Å². The molecule has 0 amide bonds. The predicted molar refractivity (Wildman–Crippen MR) is 109 cm³/mol. The third kappa shape index (κ3) is 3.80. The van der Waals surface area contributed by atoms with Crippen LogP contribution in [0.25, 0.3) is 16.2 Å². The van der Waals surface area contributed by atoms with Gasteiger partial charge in [0.05, 0.1) is 11.9 Å². The van der Waals surface area contributed by atoms with Crippen molar-refractivity contribution in [2.24, 2.45) is 0 Å². The topological polar surface area (TPSA) is 59.3 Å². The molecule has 2 heterocycles. The van der Waals surface area contributed by atoms with Crippen molar-refractivity contribution < 1.29 is 4.21 Å². The van der Waals surface area contributed by atoms with Gasteiger partial charge in [-0.1, -0.05) is 47.2 Å². The summed E-state index contributed by atoms with van der Waals surface area (Å²) in [6.07, 6.45) is 3.60. The average Bonchev–Trinajstić information content (AvgIpc) is 3.13. The van der Waals surface area contributed by atoms with Crippen LogP contribution in [0.3, 0.4) is 0 Å². The third-order valence-corrected chi connectivity index (χ3v) is 5.56. The number of fused-ring (bicyclic) bond motifs is 1. The summed E-state index contributed by atoms with van der Waals surface area (Å²) in [5.41, 5.74) is 3.81. The Labute approximate surface area is 162 Å². The van der Waals surface area contributed by atoms with Gasteiger partial charge < -0.3 is 5.32 Å². The molecule has 0 saturated heterocycles. The molecule has 0 fully saturated rings. The standard InChI is InChI=1S/C18H15ClN4OS2/c1-26(24)11-12-3-2-4-15(9-12)20-17-22-23-10-16(21-18(23)25-17)13-5-7-14(19)8-6-13/h2-10H,11H2,1H3,(H,20,22). The van der Waals surface area contributed by atoms with Crippen LogP contribution in [-0.2, 0) is 16.6 Å². The van der Waals surface area contributed by atoms with E-state index in [0.29, 0.717) is 10.8 Å². The number of halogens is 1. The molecule has 26 heavy (non-hydrogen) atoms. The second-order valence-electron chi connectivity index (χ2n) is 5.81. The minimum Gasteiger partial charge on any atom is -0.330 e. The molecule has 0 radical (unpaired) electrons. The number of benzene rings is 2. The maximum Gasteiger partial charge on any atom is 0.214 e. The quantitative estimate of drug-likeness (QED) is 0.524. The second kappa shape index (κ2) is 7.19. The van der Waals surface area contributed by atoms with E-state index in [1.807, 2.05) is 54.7 Å². The lowest BCUT2D eigenvalue weighted by atomic mass is 10.2. The van der Waals surface area contributed by atoms with Gasteiger partial charge >= 0.3 is 0 Å². The highest BCUT2D eigenvalue weighted by molar-refractivity contribution is 7.83. The summed E-state index contributed by atoms with van der Waals surface area (Å²) in [7, 11) is -0.863. The summed E-state index contributed by atoms with van der Waals surface area (Å²) >= 11 is 7.41. The maximum absolute atomic E-state index is 11.4. The normalized spacial score (nSPS) is 12.4. The van der Waals surface area contributed by atoms with Crippen LogP contribution in [0.1, 0.15) is 5.56 Å². The first kappa shape index (κ1) is 17.2. The molecule has 0 aliphatic rings. The molecule has 4 rings (SSSR count). The van der Waals surface area contributed by atoms with Crippen LogP contribution >= 0.6 is 22.9 Å². The largest absolute Gasteiger partial charge is 0.330 e. The summed E-state index contributed by atoms with van der Waals surface area (Å²) in [6, 6.07) is 15.5. The van der Waals surface area contributed by atoms with Gasteiger partial charge in [0.15, 0.2) is 0 Å². The van der Waals surface area contributed by atoms with Crippen molar-refractivity contribution in [3.8, 4) is 11.3 Å². The van der Waals surface area contributed by atoms with Crippen LogP contribution in [0.15, 0.2) is 54.7 Å². The number of hydrogen-bond donors (Lipinski definition) is 1. The van der Waals surface area contributed by atoms with Crippen LogP contribution in [0.4, 0.5) is 10.8 Å². The van der Waals surface area contributed by atoms with Gasteiger partial charge in [-0.05, 0) is 29.8 Å². The molecule has 0 bridgehead atoms. The zero-order valence-electron chi connectivity index (χ0n) is 13.8. The van der Waals surface area contributed by atoms with Gasteiger partial charge in [0.25, 0.3) is 0 Å². The van der Waals surface area contributed by atoms with Crippen LogP contribution in [0.5, 0.6) is 0 Å². The molecule has 2 aromatic heterocycles. The molecule has 132 valence electrons. The lowest BCUT2D eigenvalue weighted by Gasteiger charge is -2.04. The van der Waals surface area contributed by atoms with E-state index < -0.39 is 10.8 Å². The van der Waals surface area contributed by atoms with E-state index in [4.69, 9.17) is 11.6 Å². The Morgan fingerprint density at radius 2 is 2.04 bits per heavy atom. The molecule has 0 spiro atoms. The van der Waals surface area contributed by atoms with Crippen molar-refractivity contribution >= 4 is 49.5 Å². The zero-order chi connectivity index (χ0) is 18.1. The molecule has 1 atom stereocenters. The Kier molecular flexibility index (Phi) is 4.76. The highest BCUT2D eigenvalue weighted by Gasteiger charge is 2.10. The first-order valence-electron chi connectivity index (χ1n) is 7.85. The molecule has 0 aliphatic carbocycles. The fourth-order valence-corrected chi connectivity index (χ4v) is 4.18. The summed E-state index contributed by atoms with van der Waals surface area (Å²) in [5.74, 6) is 0.543. The van der Waals surface area contributed by atoms with Crippen molar-refractivity contribution in [3.63, 3.8) is 0 Å². The van der Waals surface area contributed by atoms with Gasteiger partial charge in [-0.25, -0.2) is 9.50 Å². The van der Waals surface area contributed by atoms with Crippen molar-refractivity contribution in [2.75, 3.05) is 11.6 Å². The second-order valence-corrected chi connectivity index (χ2v) is 8.64. The summed E-state index contributed by atoms with van der Waals surface area (Å²) in [5, 5.41) is 9.28. The smallest absolute Gasteiger partial charge is 0.214 e. The number of hydrogen-bond acceptors (Lipinski definition) is 5. The first-order chi connectivity index (χ1) is 12.6. The SMILES string of the molecule is CS(=O)Cc1cccc(Nc2nn3cc(-c4ccc(Cl)cc4)nc3s2)c1. The third-order valence-electron chi connectivity index (χ3n) is 3.73. The zero-order valence-corrected chi connectivity index (χ0v) is 16.2.